The normalized spacial score (nSPS) is 11.9. The highest BCUT2D eigenvalue weighted by atomic mass is 32.1. The van der Waals surface area contributed by atoms with Gasteiger partial charge >= 0.3 is 5.97 Å². The third-order valence-corrected chi connectivity index (χ3v) is 3.74. The zero-order valence-electron chi connectivity index (χ0n) is 10.7. The Morgan fingerprint density at radius 1 is 1.37 bits per heavy atom. The van der Waals surface area contributed by atoms with Crippen molar-refractivity contribution < 1.29 is 14.6 Å². The van der Waals surface area contributed by atoms with Crippen LogP contribution in [0, 0.1) is 6.92 Å². The number of carbonyl (C=O) groups is 1. The second kappa shape index (κ2) is 5.75. The van der Waals surface area contributed by atoms with Gasteiger partial charge in [0, 0.05) is 21.5 Å². The largest absolute Gasteiger partial charge is 0.497 e. The van der Waals surface area contributed by atoms with Crippen molar-refractivity contribution in [2.45, 2.75) is 13.0 Å². The quantitative estimate of drug-likeness (QED) is 0.880. The molecule has 0 radical (unpaired) electrons. The molecule has 0 amide bonds. The summed E-state index contributed by atoms with van der Waals surface area (Å²) in [5, 5.41) is 12.4. The minimum Gasteiger partial charge on any atom is -0.497 e. The van der Waals surface area contributed by atoms with Gasteiger partial charge < -0.3 is 15.2 Å². The second-order valence-electron chi connectivity index (χ2n) is 4.10. The van der Waals surface area contributed by atoms with Crippen molar-refractivity contribution in [3.05, 3.63) is 46.2 Å². The van der Waals surface area contributed by atoms with E-state index >= 15 is 0 Å². The van der Waals surface area contributed by atoms with Crippen LogP contribution in [-0.4, -0.2) is 18.2 Å². The Bertz CT molecular complexity index is 580. The topological polar surface area (TPSA) is 58.6 Å². The molecule has 0 aliphatic rings. The summed E-state index contributed by atoms with van der Waals surface area (Å²) < 4.78 is 5.12. The molecule has 4 nitrogen and oxygen atoms in total. The molecule has 0 saturated carbocycles. The van der Waals surface area contributed by atoms with Crippen molar-refractivity contribution in [2.75, 3.05) is 12.4 Å². The predicted octanol–water partition coefficient (Wildman–Crippen LogP) is 3.30. The van der Waals surface area contributed by atoms with Gasteiger partial charge in [-0.3, -0.25) is 0 Å². The van der Waals surface area contributed by atoms with E-state index in [9.17, 15) is 9.90 Å². The van der Waals surface area contributed by atoms with Crippen LogP contribution in [0.25, 0.3) is 0 Å². The molecule has 2 aromatic rings. The summed E-state index contributed by atoms with van der Waals surface area (Å²) in [4.78, 5) is 13.3. The summed E-state index contributed by atoms with van der Waals surface area (Å²) in [5.41, 5.74) is 0.720. The van der Waals surface area contributed by atoms with Crippen molar-refractivity contribution in [3.8, 4) is 5.75 Å². The average molecular weight is 277 g/mol. The van der Waals surface area contributed by atoms with Gasteiger partial charge in [0.1, 0.15) is 5.75 Å². The van der Waals surface area contributed by atoms with Crippen LogP contribution in [-0.2, 0) is 4.79 Å². The van der Waals surface area contributed by atoms with Crippen molar-refractivity contribution in [2.24, 2.45) is 0 Å². The van der Waals surface area contributed by atoms with Crippen molar-refractivity contribution in [1.29, 1.82) is 0 Å². The van der Waals surface area contributed by atoms with Crippen LogP contribution in [0.3, 0.4) is 0 Å². The monoisotopic (exact) mass is 277 g/mol. The smallest absolute Gasteiger partial charge is 0.331 e. The van der Waals surface area contributed by atoms with Crippen molar-refractivity contribution >= 4 is 23.0 Å². The lowest BCUT2D eigenvalue weighted by atomic mass is 10.2. The third-order valence-electron chi connectivity index (χ3n) is 2.67. The first-order valence-electron chi connectivity index (χ1n) is 5.80. The number of nitrogens with one attached hydrogen (secondary N) is 1. The lowest BCUT2D eigenvalue weighted by molar-refractivity contribution is -0.138. The Labute approximate surface area is 115 Å². The van der Waals surface area contributed by atoms with Crippen LogP contribution in [0.15, 0.2) is 36.4 Å². The summed E-state index contributed by atoms with van der Waals surface area (Å²) >= 11 is 1.48. The van der Waals surface area contributed by atoms with Gasteiger partial charge in [0.15, 0.2) is 6.04 Å². The first kappa shape index (κ1) is 13.4. The van der Waals surface area contributed by atoms with E-state index in [0.717, 1.165) is 15.4 Å². The molecule has 0 fully saturated rings. The molecule has 1 aromatic heterocycles. The maximum Gasteiger partial charge on any atom is 0.331 e. The van der Waals surface area contributed by atoms with E-state index in [4.69, 9.17) is 4.74 Å². The Kier molecular flexibility index (Phi) is 4.06. The first-order chi connectivity index (χ1) is 9.10. The lowest BCUT2D eigenvalue weighted by Gasteiger charge is -2.15. The minimum atomic E-state index is -0.898. The van der Waals surface area contributed by atoms with Gasteiger partial charge in [-0.05, 0) is 31.2 Å². The minimum absolute atomic E-state index is 0.691. The molecule has 1 unspecified atom stereocenters. The number of aliphatic carboxylic acids is 1. The first-order valence-corrected chi connectivity index (χ1v) is 6.61. The van der Waals surface area contributed by atoms with Gasteiger partial charge in [-0.2, -0.15) is 0 Å². The Morgan fingerprint density at radius 3 is 2.74 bits per heavy atom. The number of anilines is 1. The van der Waals surface area contributed by atoms with E-state index in [1.165, 1.54) is 11.3 Å². The highest BCUT2D eigenvalue weighted by Crippen LogP contribution is 2.27. The van der Waals surface area contributed by atoms with Gasteiger partial charge in [0.25, 0.3) is 0 Å². The van der Waals surface area contributed by atoms with E-state index < -0.39 is 12.0 Å². The molecular weight excluding hydrogens is 262 g/mol. The number of methoxy groups -OCH3 is 1. The van der Waals surface area contributed by atoms with Crippen LogP contribution in [0.1, 0.15) is 15.8 Å². The van der Waals surface area contributed by atoms with Crippen LogP contribution in [0.2, 0.25) is 0 Å². The van der Waals surface area contributed by atoms with Crippen LogP contribution in [0.5, 0.6) is 5.75 Å². The Hall–Kier alpha value is -2.01. The maximum absolute atomic E-state index is 11.4. The van der Waals surface area contributed by atoms with Crippen LogP contribution in [0.4, 0.5) is 5.69 Å². The molecule has 2 rings (SSSR count). The highest BCUT2D eigenvalue weighted by Gasteiger charge is 2.21. The number of aryl methyl sites for hydroxylation is 1. The summed E-state index contributed by atoms with van der Waals surface area (Å²) in [6, 6.07) is 10.2. The van der Waals surface area contributed by atoms with Gasteiger partial charge in [-0.15, -0.1) is 11.3 Å². The zero-order valence-corrected chi connectivity index (χ0v) is 11.5. The zero-order chi connectivity index (χ0) is 13.8. The lowest BCUT2D eigenvalue weighted by Crippen LogP contribution is -2.19. The molecule has 19 heavy (non-hydrogen) atoms. The van der Waals surface area contributed by atoms with Gasteiger partial charge in [0.05, 0.1) is 7.11 Å². The molecular formula is C14H15NO3S. The van der Waals surface area contributed by atoms with E-state index in [2.05, 4.69) is 5.32 Å². The molecule has 0 saturated heterocycles. The molecule has 1 atom stereocenters. The third kappa shape index (κ3) is 3.26. The van der Waals surface area contributed by atoms with Gasteiger partial charge in [-0.1, -0.05) is 6.07 Å². The number of carboxylic acid groups (broad SMARTS) is 1. The number of ether oxygens (including phenoxy) is 1. The van der Waals surface area contributed by atoms with E-state index in [1.807, 2.05) is 37.3 Å². The fourth-order valence-corrected chi connectivity index (χ4v) is 2.66. The van der Waals surface area contributed by atoms with Crippen molar-refractivity contribution in [3.63, 3.8) is 0 Å². The second-order valence-corrected chi connectivity index (χ2v) is 5.42. The standard InChI is InChI=1S/C14H15NO3S/c1-9-6-7-12(19-9)13(14(16)17)15-10-4-3-5-11(8-10)18-2/h3-8,13,15H,1-2H3,(H,16,17). The summed E-state index contributed by atoms with van der Waals surface area (Å²) in [6.45, 7) is 1.96. The Balaban J connectivity index is 2.23. The van der Waals surface area contributed by atoms with Crippen molar-refractivity contribution in [1.82, 2.24) is 0 Å². The van der Waals surface area contributed by atoms with Crippen LogP contribution < -0.4 is 10.1 Å². The number of hydrogen-bond acceptors (Lipinski definition) is 4. The summed E-state index contributed by atoms with van der Waals surface area (Å²) in [7, 11) is 1.58. The summed E-state index contributed by atoms with van der Waals surface area (Å²) in [5.74, 6) is -0.207. The number of thiophene rings is 1. The molecule has 1 aromatic carbocycles. The Morgan fingerprint density at radius 2 is 2.16 bits per heavy atom. The molecule has 0 bridgehead atoms. The van der Waals surface area contributed by atoms with Crippen LogP contribution >= 0.6 is 11.3 Å². The highest BCUT2D eigenvalue weighted by molar-refractivity contribution is 7.12. The number of hydrogen-bond donors (Lipinski definition) is 2. The SMILES string of the molecule is COc1cccc(NC(C(=O)O)c2ccc(C)s2)c1. The molecule has 0 aliphatic carbocycles. The molecule has 2 N–H and O–H groups in total. The average Bonchev–Trinajstić information content (AvgIpc) is 2.82. The number of carboxylic acids is 1. The fourth-order valence-electron chi connectivity index (χ4n) is 1.74. The van der Waals surface area contributed by atoms with Gasteiger partial charge in [0.2, 0.25) is 0 Å². The van der Waals surface area contributed by atoms with E-state index in [-0.39, 0.29) is 0 Å². The van der Waals surface area contributed by atoms with E-state index in [1.54, 1.807) is 13.2 Å². The van der Waals surface area contributed by atoms with E-state index in [0.29, 0.717) is 5.75 Å². The summed E-state index contributed by atoms with van der Waals surface area (Å²) in [6.07, 6.45) is 0. The molecule has 5 heteroatoms. The maximum atomic E-state index is 11.4. The molecule has 0 aliphatic heterocycles. The number of benzene rings is 1. The molecule has 0 spiro atoms. The molecule has 1 heterocycles. The fraction of sp³-hybridized carbons (Fsp3) is 0.214. The van der Waals surface area contributed by atoms with Gasteiger partial charge in [-0.25, -0.2) is 4.79 Å². The number of rotatable bonds is 5. The molecule has 100 valence electrons. The predicted molar refractivity (Wildman–Crippen MR) is 76.0 cm³/mol.